The average molecular weight is 468 g/mol. The Labute approximate surface area is 171 Å². The molecule has 1 aliphatic carbocycles. The lowest BCUT2D eigenvalue weighted by atomic mass is 10.2. The number of hydrogen-bond acceptors (Lipinski definition) is 6. The van der Waals surface area contributed by atoms with E-state index in [0.29, 0.717) is 24.7 Å². The second kappa shape index (κ2) is 7.73. The van der Waals surface area contributed by atoms with Gasteiger partial charge < -0.3 is 14.2 Å². The zero-order valence-corrected chi connectivity index (χ0v) is 17.2. The summed E-state index contributed by atoms with van der Waals surface area (Å²) in [5.74, 6) is 0.624. The number of sulfonamides is 1. The number of ether oxygens (including phenoxy) is 3. The maximum absolute atomic E-state index is 12.4. The molecule has 0 atom stereocenters. The van der Waals surface area contributed by atoms with Crippen molar-refractivity contribution in [2.24, 2.45) is 0 Å². The Morgan fingerprint density at radius 3 is 2.57 bits per heavy atom. The van der Waals surface area contributed by atoms with Crippen LogP contribution in [0.4, 0.5) is 0 Å². The predicted molar refractivity (Wildman–Crippen MR) is 104 cm³/mol. The van der Waals surface area contributed by atoms with Crippen molar-refractivity contribution in [1.82, 2.24) is 4.72 Å². The number of hydrogen-bond donors (Lipinski definition) is 1. The second-order valence-corrected chi connectivity index (χ2v) is 9.16. The van der Waals surface area contributed by atoms with Gasteiger partial charge >= 0.3 is 5.97 Å². The topological polar surface area (TPSA) is 90.9 Å². The number of halogens is 1. The second-order valence-electron chi connectivity index (χ2n) is 6.59. The molecule has 148 valence electrons. The SMILES string of the molecule is O=C(OCc1cc2c(cc1Br)OCCO2)c1cccc(S(=O)(=O)NC2CC2)c1. The number of rotatable bonds is 6. The molecule has 0 aromatic heterocycles. The number of nitrogens with one attached hydrogen (secondary N) is 1. The van der Waals surface area contributed by atoms with Crippen LogP contribution in [0, 0.1) is 0 Å². The molecular weight excluding hydrogens is 450 g/mol. The summed E-state index contributed by atoms with van der Waals surface area (Å²) in [6, 6.07) is 9.36. The van der Waals surface area contributed by atoms with Crippen LogP contribution in [0.2, 0.25) is 0 Å². The summed E-state index contributed by atoms with van der Waals surface area (Å²) < 4.78 is 44.4. The van der Waals surface area contributed by atoms with Crippen molar-refractivity contribution in [2.45, 2.75) is 30.4 Å². The molecule has 28 heavy (non-hydrogen) atoms. The quantitative estimate of drug-likeness (QED) is 0.656. The van der Waals surface area contributed by atoms with Crippen molar-refractivity contribution in [3.63, 3.8) is 0 Å². The Balaban J connectivity index is 1.46. The molecule has 2 aliphatic rings. The Kier molecular flexibility index (Phi) is 5.31. The van der Waals surface area contributed by atoms with Gasteiger partial charge in [-0.2, -0.15) is 0 Å². The van der Waals surface area contributed by atoms with E-state index in [2.05, 4.69) is 20.7 Å². The first-order chi connectivity index (χ1) is 13.4. The highest BCUT2D eigenvalue weighted by molar-refractivity contribution is 9.10. The summed E-state index contributed by atoms with van der Waals surface area (Å²) in [4.78, 5) is 12.5. The van der Waals surface area contributed by atoms with E-state index >= 15 is 0 Å². The van der Waals surface area contributed by atoms with Crippen LogP contribution in [0.1, 0.15) is 28.8 Å². The van der Waals surface area contributed by atoms with Gasteiger partial charge in [0.25, 0.3) is 0 Å². The van der Waals surface area contributed by atoms with Crippen LogP contribution < -0.4 is 14.2 Å². The third kappa shape index (κ3) is 4.31. The highest BCUT2D eigenvalue weighted by atomic mass is 79.9. The van der Waals surface area contributed by atoms with Crippen LogP contribution >= 0.6 is 15.9 Å². The van der Waals surface area contributed by atoms with Gasteiger partial charge in [-0.05, 0) is 43.2 Å². The van der Waals surface area contributed by atoms with E-state index in [1.54, 1.807) is 12.1 Å². The first-order valence-electron chi connectivity index (χ1n) is 8.80. The third-order valence-corrected chi connectivity index (χ3v) is 6.61. The maximum Gasteiger partial charge on any atom is 0.338 e. The van der Waals surface area contributed by atoms with Crippen molar-refractivity contribution in [1.29, 1.82) is 0 Å². The van der Waals surface area contributed by atoms with E-state index in [0.717, 1.165) is 22.9 Å². The minimum atomic E-state index is -3.63. The molecular formula is C19H18BrNO6S. The van der Waals surface area contributed by atoms with E-state index in [9.17, 15) is 13.2 Å². The predicted octanol–water partition coefficient (Wildman–Crippen LogP) is 3.02. The van der Waals surface area contributed by atoms with Gasteiger partial charge in [0.2, 0.25) is 10.0 Å². The first kappa shape index (κ1) is 19.2. The molecule has 2 aromatic carbocycles. The van der Waals surface area contributed by atoms with Crippen molar-refractivity contribution >= 4 is 31.9 Å². The summed E-state index contributed by atoms with van der Waals surface area (Å²) >= 11 is 3.43. The summed E-state index contributed by atoms with van der Waals surface area (Å²) in [7, 11) is -3.63. The third-order valence-electron chi connectivity index (χ3n) is 4.35. The minimum absolute atomic E-state index is 0.00633. The van der Waals surface area contributed by atoms with Crippen molar-refractivity contribution in [2.75, 3.05) is 13.2 Å². The molecule has 1 saturated carbocycles. The van der Waals surface area contributed by atoms with Crippen LogP contribution in [0.3, 0.4) is 0 Å². The Morgan fingerprint density at radius 2 is 1.86 bits per heavy atom. The van der Waals surface area contributed by atoms with Crippen LogP contribution in [0.25, 0.3) is 0 Å². The molecule has 9 heteroatoms. The van der Waals surface area contributed by atoms with Gasteiger partial charge in [0, 0.05) is 16.1 Å². The van der Waals surface area contributed by atoms with E-state index < -0.39 is 16.0 Å². The van der Waals surface area contributed by atoms with E-state index in [4.69, 9.17) is 14.2 Å². The number of esters is 1. The smallest absolute Gasteiger partial charge is 0.338 e. The fourth-order valence-electron chi connectivity index (χ4n) is 2.72. The lowest BCUT2D eigenvalue weighted by Gasteiger charge is -2.20. The molecule has 1 heterocycles. The van der Waals surface area contributed by atoms with E-state index in [-0.39, 0.29) is 23.1 Å². The molecule has 0 unspecified atom stereocenters. The molecule has 0 amide bonds. The number of fused-ring (bicyclic) bond motifs is 1. The summed E-state index contributed by atoms with van der Waals surface area (Å²) in [6.07, 6.45) is 1.68. The molecule has 1 fully saturated rings. The average Bonchev–Trinajstić information content (AvgIpc) is 3.49. The number of benzene rings is 2. The van der Waals surface area contributed by atoms with Crippen LogP contribution in [-0.2, 0) is 21.4 Å². The Morgan fingerprint density at radius 1 is 1.14 bits per heavy atom. The summed E-state index contributed by atoms with van der Waals surface area (Å²) in [5, 5.41) is 0. The maximum atomic E-state index is 12.4. The fourth-order valence-corrected chi connectivity index (χ4v) is 4.51. The number of carbonyl (C=O) groups is 1. The van der Waals surface area contributed by atoms with Crippen LogP contribution in [0.5, 0.6) is 11.5 Å². The molecule has 0 saturated heterocycles. The normalized spacial score (nSPS) is 15.9. The number of carbonyl (C=O) groups excluding carboxylic acids is 1. The Bertz CT molecular complexity index is 1020. The molecule has 2 aromatic rings. The van der Waals surface area contributed by atoms with Crippen molar-refractivity contribution < 1.29 is 27.4 Å². The Hall–Kier alpha value is -2.10. The van der Waals surface area contributed by atoms with Crippen molar-refractivity contribution in [3.8, 4) is 11.5 Å². The largest absolute Gasteiger partial charge is 0.486 e. The summed E-state index contributed by atoms with van der Waals surface area (Å²) in [5.41, 5.74) is 0.893. The zero-order chi connectivity index (χ0) is 19.7. The lowest BCUT2D eigenvalue weighted by molar-refractivity contribution is 0.0471. The molecule has 1 aliphatic heterocycles. The van der Waals surface area contributed by atoms with E-state index in [1.807, 2.05) is 0 Å². The van der Waals surface area contributed by atoms with Gasteiger partial charge in [0.1, 0.15) is 19.8 Å². The molecule has 0 bridgehead atoms. The monoisotopic (exact) mass is 467 g/mol. The highest BCUT2D eigenvalue weighted by Crippen LogP contribution is 2.35. The summed E-state index contributed by atoms with van der Waals surface area (Å²) in [6.45, 7) is 0.958. The molecule has 4 rings (SSSR count). The van der Waals surface area contributed by atoms with Crippen LogP contribution in [-0.4, -0.2) is 33.6 Å². The molecule has 0 spiro atoms. The van der Waals surface area contributed by atoms with Gasteiger partial charge in [0.05, 0.1) is 10.5 Å². The fraction of sp³-hybridized carbons (Fsp3) is 0.316. The van der Waals surface area contributed by atoms with Crippen molar-refractivity contribution in [3.05, 3.63) is 52.0 Å². The van der Waals surface area contributed by atoms with Gasteiger partial charge in [-0.25, -0.2) is 17.9 Å². The lowest BCUT2D eigenvalue weighted by Crippen LogP contribution is -2.25. The van der Waals surface area contributed by atoms with Gasteiger partial charge in [-0.15, -0.1) is 0 Å². The molecule has 1 N–H and O–H groups in total. The van der Waals surface area contributed by atoms with Gasteiger partial charge in [-0.1, -0.05) is 22.0 Å². The molecule has 7 nitrogen and oxygen atoms in total. The molecule has 0 radical (unpaired) electrons. The van der Waals surface area contributed by atoms with Crippen LogP contribution in [0.15, 0.2) is 45.8 Å². The van der Waals surface area contributed by atoms with Gasteiger partial charge in [-0.3, -0.25) is 0 Å². The highest BCUT2D eigenvalue weighted by Gasteiger charge is 2.28. The van der Waals surface area contributed by atoms with Gasteiger partial charge in [0.15, 0.2) is 11.5 Å². The minimum Gasteiger partial charge on any atom is -0.486 e. The first-order valence-corrected chi connectivity index (χ1v) is 11.1. The standard InChI is InChI=1S/C19H18BrNO6S/c20-16-10-18-17(25-6-7-26-18)9-13(16)11-27-19(22)12-2-1-3-15(8-12)28(23,24)21-14-4-5-14/h1-3,8-10,14,21H,4-7,11H2. The van der Waals surface area contributed by atoms with E-state index in [1.165, 1.54) is 24.3 Å². The zero-order valence-electron chi connectivity index (χ0n) is 14.8.